The van der Waals surface area contributed by atoms with Crippen molar-refractivity contribution in [1.29, 1.82) is 0 Å². The minimum atomic E-state index is -0.318. The molecular formula is C19H29N2O4S+. The fourth-order valence-electron chi connectivity index (χ4n) is 3.73. The quantitative estimate of drug-likeness (QED) is 0.754. The van der Waals surface area contributed by atoms with E-state index in [4.69, 9.17) is 9.47 Å². The molecule has 1 aromatic heterocycles. The van der Waals surface area contributed by atoms with E-state index < -0.39 is 0 Å². The Hall–Kier alpha value is -1.44. The zero-order valence-electron chi connectivity index (χ0n) is 15.9. The average Bonchev–Trinajstić information content (AvgIpc) is 2.98. The van der Waals surface area contributed by atoms with Gasteiger partial charge < -0.3 is 19.7 Å². The number of esters is 1. The summed E-state index contributed by atoms with van der Waals surface area (Å²) in [5, 5.41) is 3.70. The Kier molecular flexibility index (Phi) is 6.32. The predicted molar refractivity (Wildman–Crippen MR) is 101 cm³/mol. The van der Waals surface area contributed by atoms with Crippen LogP contribution in [0, 0.1) is 5.92 Å². The minimum Gasteiger partial charge on any atom is -0.462 e. The summed E-state index contributed by atoms with van der Waals surface area (Å²) in [6.45, 7) is 9.35. The summed E-state index contributed by atoms with van der Waals surface area (Å²) in [7, 11) is 0. The molecule has 1 saturated heterocycles. The lowest BCUT2D eigenvalue weighted by Crippen LogP contribution is -3.18. The predicted octanol–water partition coefficient (Wildman–Crippen LogP) is 1.29. The lowest BCUT2D eigenvalue weighted by molar-refractivity contribution is -0.921. The van der Waals surface area contributed by atoms with E-state index in [1.807, 2.05) is 6.92 Å². The highest BCUT2D eigenvalue weighted by Gasteiger charge is 2.32. The molecule has 6 nitrogen and oxygen atoms in total. The summed E-state index contributed by atoms with van der Waals surface area (Å²) in [5.41, 5.74) is 1.66. The maximum atomic E-state index is 12.8. The number of nitrogens with one attached hydrogen (secondary N) is 2. The third-order valence-electron chi connectivity index (χ3n) is 5.37. The molecule has 2 atom stereocenters. The van der Waals surface area contributed by atoms with Crippen LogP contribution in [0.1, 0.15) is 48.0 Å². The van der Waals surface area contributed by atoms with Crippen LogP contribution in [0.5, 0.6) is 0 Å². The van der Waals surface area contributed by atoms with Crippen molar-refractivity contribution in [2.75, 3.05) is 38.2 Å². The second kappa shape index (κ2) is 8.50. The molecule has 3 rings (SSSR count). The summed E-state index contributed by atoms with van der Waals surface area (Å²) < 4.78 is 10.7. The van der Waals surface area contributed by atoms with Crippen LogP contribution < -0.4 is 10.2 Å². The van der Waals surface area contributed by atoms with E-state index in [2.05, 4.69) is 12.2 Å². The van der Waals surface area contributed by atoms with Gasteiger partial charge in [-0.25, -0.2) is 4.79 Å². The van der Waals surface area contributed by atoms with Crippen LogP contribution in [0.25, 0.3) is 0 Å². The van der Waals surface area contributed by atoms with Gasteiger partial charge in [-0.15, -0.1) is 11.3 Å². The van der Waals surface area contributed by atoms with Crippen molar-refractivity contribution in [3.63, 3.8) is 0 Å². The molecule has 1 aliphatic heterocycles. The van der Waals surface area contributed by atoms with Gasteiger partial charge in [-0.3, -0.25) is 4.79 Å². The van der Waals surface area contributed by atoms with E-state index in [1.165, 1.54) is 9.78 Å². The molecule has 26 heavy (non-hydrogen) atoms. The molecule has 1 aliphatic carbocycles. The van der Waals surface area contributed by atoms with Crippen LogP contribution in [-0.2, 0) is 27.1 Å². The highest BCUT2D eigenvalue weighted by Crippen LogP contribution is 2.40. The van der Waals surface area contributed by atoms with Crippen LogP contribution >= 0.6 is 11.3 Å². The van der Waals surface area contributed by atoms with Crippen molar-refractivity contribution in [3.8, 4) is 0 Å². The molecule has 2 aliphatic rings. The molecule has 7 heteroatoms. The summed E-state index contributed by atoms with van der Waals surface area (Å²) >= 11 is 1.55. The molecule has 1 fully saturated rings. The van der Waals surface area contributed by atoms with Crippen molar-refractivity contribution in [2.24, 2.45) is 5.92 Å². The van der Waals surface area contributed by atoms with Gasteiger partial charge in [0.2, 0.25) is 0 Å². The van der Waals surface area contributed by atoms with Crippen molar-refractivity contribution in [1.82, 2.24) is 0 Å². The number of ether oxygens (including phenoxy) is 2. The lowest BCUT2D eigenvalue weighted by atomic mass is 9.88. The Morgan fingerprint density at radius 1 is 1.38 bits per heavy atom. The van der Waals surface area contributed by atoms with E-state index >= 15 is 0 Å². The number of hydrogen-bond acceptors (Lipinski definition) is 5. The van der Waals surface area contributed by atoms with Crippen molar-refractivity contribution >= 4 is 28.2 Å². The topological polar surface area (TPSA) is 69.1 Å². The largest absolute Gasteiger partial charge is 0.462 e. The van der Waals surface area contributed by atoms with Gasteiger partial charge >= 0.3 is 5.97 Å². The Morgan fingerprint density at radius 2 is 2.12 bits per heavy atom. The van der Waals surface area contributed by atoms with Gasteiger partial charge in [-0.1, -0.05) is 6.92 Å². The SMILES string of the molecule is CCOC(=O)c1c(NC(=O)[C@H](C)[NH+]2CCOCC2)sc2c1CC[C@H](C)C2. The van der Waals surface area contributed by atoms with Crippen LogP contribution in [0.15, 0.2) is 0 Å². The number of rotatable bonds is 5. The van der Waals surface area contributed by atoms with Gasteiger partial charge in [0.15, 0.2) is 6.04 Å². The first-order valence-corrected chi connectivity index (χ1v) is 10.4. The normalized spacial score (nSPS) is 21.7. The number of anilines is 1. The minimum absolute atomic E-state index is 0.0425. The molecule has 0 radical (unpaired) electrons. The van der Waals surface area contributed by atoms with Gasteiger partial charge in [0.25, 0.3) is 5.91 Å². The summed E-state index contributed by atoms with van der Waals surface area (Å²) in [4.78, 5) is 27.8. The summed E-state index contributed by atoms with van der Waals surface area (Å²) in [6.07, 6.45) is 2.91. The second-order valence-electron chi connectivity index (χ2n) is 7.26. The Labute approximate surface area is 158 Å². The molecule has 144 valence electrons. The zero-order chi connectivity index (χ0) is 18.7. The monoisotopic (exact) mass is 381 g/mol. The molecule has 0 aromatic carbocycles. The van der Waals surface area contributed by atoms with Gasteiger partial charge in [0, 0.05) is 4.88 Å². The number of thiophene rings is 1. The fourth-order valence-corrected chi connectivity index (χ4v) is 5.13. The van der Waals surface area contributed by atoms with Crippen LogP contribution in [-0.4, -0.2) is 50.8 Å². The average molecular weight is 382 g/mol. The highest BCUT2D eigenvalue weighted by molar-refractivity contribution is 7.17. The molecule has 1 amide bonds. The smallest absolute Gasteiger partial charge is 0.341 e. The first-order chi connectivity index (χ1) is 12.5. The molecule has 2 N–H and O–H groups in total. The van der Waals surface area contributed by atoms with Gasteiger partial charge in [-0.2, -0.15) is 0 Å². The molecular weight excluding hydrogens is 352 g/mol. The number of carbonyl (C=O) groups excluding carboxylic acids is 2. The number of amides is 1. The number of hydrogen-bond donors (Lipinski definition) is 2. The zero-order valence-corrected chi connectivity index (χ0v) is 16.7. The molecule has 0 saturated carbocycles. The van der Waals surface area contributed by atoms with E-state index in [0.29, 0.717) is 36.3 Å². The Morgan fingerprint density at radius 3 is 2.81 bits per heavy atom. The fraction of sp³-hybridized carbons (Fsp3) is 0.684. The number of fused-ring (bicyclic) bond motifs is 1. The first-order valence-electron chi connectivity index (χ1n) is 9.56. The number of quaternary nitrogens is 1. The van der Waals surface area contributed by atoms with E-state index in [0.717, 1.165) is 37.9 Å². The molecule has 0 bridgehead atoms. The van der Waals surface area contributed by atoms with Crippen LogP contribution in [0.4, 0.5) is 5.00 Å². The standard InChI is InChI=1S/C19H28N2O4S/c1-4-25-19(23)16-14-6-5-12(2)11-15(14)26-18(16)20-17(22)13(3)21-7-9-24-10-8-21/h12-13H,4-11H2,1-3H3,(H,20,22)/p+1/t12-,13-/m0/s1. The maximum absolute atomic E-state index is 12.8. The first kappa shape index (κ1) is 19.3. The lowest BCUT2D eigenvalue weighted by Gasteiger charge is -2.28. The summed E-state index contributed by atoms with van der Waals surface area (Å²) in [5.74, 6) is 0.247. The van der Waals surface area contributed by atoms with E-state index in [9.17, 15) is 9.59 Å². The van der Waals surface area contributed by atoms with Gasteiger partial charge in [0.05, 0.1) is 25.4 Å². The highest BCUT2D eigenvalue weighted by atomic mass is 32.1. The van der Waals surface area contributed by atoms with Gasteiger partial charge in [0.1, 0.15) is 18.1 Å². The number of morpholine rings is 1. The Balaban J connectivity index is 1.81. The third kappa shape index (κ3) is 4.10. The van der Waals surface area contributed by atoms with Crippen molar-refractivity contribution in [3.05, 3.63) is 16.0 Å². The van der Waals surface area contributed by atoms with E-state index in [1.54, 1.807) is 18.3 Å². The van der Waals surface area contributed by atoms with E-state index in [-0.39, 0.29) is 17.9 Å². The second-order valence-corrected chi connectivity index (χ2v) is 8.36. The molecule has 0 unspecified atom stereocenters. The third-order valence-corrected chi connectivity index (χ3v) is 6.54. The van der Waals surface area contributed by atoms with Crippen molar-refractivity contribution < 1.29 is 24.0 Å². The molecule has 2 heterocycles. The Bertz CT molecular complexity index is 667. The van der Waals surface area contributed by atoms with Crippen LogP contribution in [0.3, 0.4) is 0 Å². The molecule has 1 aromatic rings. The summed E-state index contributed by atoms with van der Waals surface area (Å²) in [6, 6.07) is -0.174. The molecule has 0 spiro atoms. The number of carbonyl (C=O) groups is 2. The van der Waals surface area contributed by atoms with Gasteiger partial charge in [-0.05, 0) is 44.6 Å². The van der Waals surface area contributed by atoms with Crippen LogP contribution in [0.2, 0.25) is 0 Å². The van der Waals surface area contributed by atoms with Crippen molar-refractivity contribution in [2.45, 2.75) is 46.1 Å². The maximum Gasteiger partial charge on any atom is 0.341 e.